The van der Waals surface area contributed by atoms with Crippen molar-refractivity contribution < 1.29 is 0 Å². The van der Waals surface area contributed by atoms with Gasteiger partial charge in [0.15, 0.2) is 0 Å². The minimum Gasteiger partial charge on any atom is -0.330 e. The van der Waals surface area contributed by atoms with Crippen molar-refractivity contribution in [2.75, 3.05) is 0 Å². The summed E-state index contributed by atoms with van der Waals surface area (Å²) in [6.45, 7) is 0.570. The highest BCUT2D eigenvalue weighted by atomic mass is 32.2. The molecule has 4 rings (SSSR count). The second-order valence-electron chi connectivity index (χ2n) is 5.47. The molecular formula is C17H17N3S. The number of nitrogens with zero attached hydrogens (tertiary/aromatic N) is 2. The first-order chi connectivity index (χ1) is 10.3. The molecule has 1 atom stereocenters. The van der Waals surface area contributed by atoms with Crippen LogP contribution >= 0.6 is 11.8 Å². The van der Waals surface area contributed by atoms with Crippen LogP contribution in [0.5, 0.6) is 0 Å². The third kappa shape index (κ3) is 2.06. The van der Waals surface area contributed by atoms with Gasteiger partial charge in [0, 0.05) is 18.5 Å². The lowest BCUT2D eigenvalue weighted by Crippen LogP contribution is -2.02. The van der Waals surface area contributed by atoms with Gasteiger partial charge in [-0.2, -0.15) is 0 Å². The highest BCUT2D eigenvalue weighted by Gasteiger charge is 2.27. The van der Waals surface area contributed by atoms with E-state index >= 15 is 0 Å². The zero-order valence-electron chi connectivity index (χ0n) is 11.9. The van der Waals surface area contributed by atoms with Crippen molar-refractivity contribution in [1.29, 1.82) is 0 Å². The molecule has 1 aliphatic heterocycles. The molecule has 0 saturated carbocycles. The average Bonchev–Trinajstić information content (AvgIpc) is 3.08. The Morgan fingerprint density at radius 3 is 2.95 bits per heavy atom. The van der Waals surface area contributed by atoms with Crippen molar-refractivity contribution >= 4 is 22.8 Å². The van der Waals surface area contributed by atoms with Crippen molar-refractivity contribution in [2.45, 2.75) is 23.1 Å². The molecule has 2 heterocycles. The van der Waals surface area contributed by atoms with Gasteiger partial charge in [0.05, 0.1) is 16.3 Å². The summed E-state index contributed by atoms with van der Waals surface area (Å²) < 4.78 is 2.22. The van der Waals surface area contributed by atoms with Crippen LogP contribution in [0.3, 0.4) is 0 Å². The van der Waals surface area contributed by atoms with E-state index in [0.29, 0.717) is 11.8 Å². The molecule has 0 saturated heterocycles. The fourth-order valence-corrected chi connectivity index (χ4v) is 4.34. The first kappa shape index (κ1) is 12.9. The lowest BCUT2D eigenvalue weighted by atomic mass is 10.1. The third-order valence-corrected chi connectivity index (χ3v) is 5.46. The van der Waals surface area contributed by atoms with Crippen LogP contribution in [-0.4, -0.2) is 9.55 Å². The summed E-state index contributed by atoms with van der Waals surface area (Å²) in [5.41, 5.74) is 10.6. The van der Waals surface area contributed by atoms with Crippen molar-refractivity contribution in [3.63, 3.8) is 0 Å². The summed E-state index contributed by atoms with van der Waals surface area (Å²) in [5.74, 6) is 1.15. The van der Waals surface area contributed by atoms with Crippen LogP contribution < -0.4 is 5.73 Å². The standard InChI is InChI=1S/C17H17N3S/c1-20-14-8-11(10-18)6-7-13(14)19-17(20)16-9-12-4-2-3-5-15(12)21-16/h2-8,16H,9-10,18H2,1H3. The maximum absolute atomic E-state index is 5.74. The van der Waals surface area contributed by atoms with Crippen LogP contribution in [0.2, 0.25) is 0 Å². The van der Waals surface area contributed by atoms with Gasteiger partial charge in [-0.15, -0.1) is 11.8 Å². The Morgan fingerprint density at radius 2 is 2.14 bits per heavy atom. The van der Waals surface area contributed by atoms with Crippen molar-refractivity contribution in [2.24, 2.45) is 12.8 Å². The van der Waals surface area contributed by atoms with E-state index in [-0.39, 0.29) is 0 Å². The SMILES string of the molecule is Cn1c(C2Cc3ccccc3S2)nc2ccc(CN)cc21. The summed E-state index contributed by atoms with van der Waals surface area (Å²) >= 11 is 1.92. The molecule has 0 radical (unpaired) electrons. The molecule has 2 aromatic carbocycles. The van der Waals surface area contributed by atoms with Gasteiger partial charge in [-0.1, -0.05) is 24.3 Å². The smallest absolute Gasteiger partial charge is 0.123 e. The lowest BCUT2D eigenvalue weighted by Gasteiger charge is -2.08. The van der Waals surface area contributed by atoms with Crippen LogP contribution in [-0.2, 0) is 20.0 Å². The van der Waals surface area contributed by atoms with Gasteiger partial charge in [0.2, 0.25) is 0 Å². The minimum absolute atomic E-state index is 0.404. The van der Waals surface area contributed by atoms with E-state index in [1.807, 2.05) is 11.8 Å². The van der Waals surface area contributed by atoms with Gasteiger partial charge in [0.1, 0.15) is 5.82 Å². The summed E-state index contributed by atoms with van der Waals surface area (Å²) in [4.78, 5) is 6.24. The fraction of sp³-hybridized carbons (Fsp3) is 0.235. The third-order valence-electron chi connectivity index (χ3n) is 4.15. The molecule has 21 heavy (non-hydrogen) atoms. The Morgan fingerprint density at radius 1 is 1.29 bits per heavy atom. The number of fused-ring (bicyclic) bond motifs is 2. The number of benzene rings is 2. The van der Waals surface area contributed by atoms with Gasteiger partial charge in [-0.25, -0.2) is 4.98 Å². The van der Waals surface area contributed by atoms with Gasteiger partial charge in [-0.05, 0) is 35.7 Å². The Kier molecular flexibility index (Phi) is 3.01. The number of rotatable bonds is 2. The number of aromatic nitrogens is 2. The van der Waals surface area contributed by atoms with Crippen LogP contribution in [0.4, 0.5) is 0 Å². The molecule has 0 spiro atoms. The van der Waals surface area contributed by atoms with E-state index in [9.17, 15) is 0 Å². The maximum atomic E-state index is 5.74. The van der Waals surface area contributed by atoms with Crippen LogP contribution in [0, 0.1) is 0 Å². The largest absolute Gasteiger partial charge is 0.330 e. The molecule has 0 aliphatic carbocycles. The molecule has 4 heteroatoms. The van der Waals surface area contributed by atoms with E-state index in [1.54, 1.807) is 0 Å². The normalized spacial score (nSPS) is 17.3. The quantitative estimate of drug-likeness (QED) is 0.788. The molecule has 1 unspecified atom stereocenters. The molecule has 2 N–H and O–H groups in total. The maximum Gasteiger partial charge on any atom is 0.123 e. The van der Waals surface area contributed by atoms with E-state index < -0.39 is 0 Å². The van der Waals surface area contributed by atoms with Gasteiger partial charge < -0.3 is 10.3 Å². The first-order valence-corrected chi connectivity index (χ1v) is 8.04. The number of aryl methyl sites for hydroxylation is 1. The zero-order valence-corrected chi connectivity index (χ0v) is 12.7. The average molecular weight is 295 g/mol. The molecular weight excluding hydrogens is 278 g/mol. The Hall–Kier alpha value is -1.78. The summed E-state index contributed by atoms with van der Waals surface area (Å²) in [6, 6.07) is 14.9. The molecule has 3 nitrogen and oxygen atoms in total. The number of hydrogen-bond acceptors (Lipinski definition) is 3. The van der Waals surface area contributed by atoms with Gasteiger partial charge in [-0.3, -0.25) is 0 Å². The van der Waals surface area contributed by atoms with Gasteiger partial charge >= 0.3 is 0 Å². The van der Waals surface area contributed by atoms with Crippen LogP contribution in [0.15, 0.2) is 47.4 Å². The Labute approximate surface area is 128 Å². The zero-order chi connectivity index (χ0) is 14.4. The van der Waals surface area contributed by atoms with Crippen molar-refractivity contribution in [3.8, 4) is 0 Å². The molecule has 1 aliphatic rings. The molecule has 0 fully saturated rings. The first-order valence-electron chi connectivity index (χ1n) is 7.16. The van der Waals surface area contributed by atoms with Crippen LogP contribution in [0.25, 0.3) is 11.0 Å². The fourth-order valence-electron chi connectivity index (χ4n) is 3.00. The Balaban J connectivity index is 1.77. The predicted molar refractivity (Wildman–Crippen MR) is 87.3 cm³/mol. The van der Waals surface area contributed by atoms with E-state index in [1.165, 1.54) is 16.0 Å². The molecule has 0 amide bonds. The second kappa shape index (κ2) is 4.90. The van der Waals surface area contributed by atoms with Crippen molar-refractivity contribution in [3.05, 3.63) is 59.4 Å². The summed E-state index contributed by atoms with van der Waals surface area (Å²) in [7, 11) is 2.11. The minimum atomic E-state index is 0.404. The second-order valence-corrected chi connectivity index (χ2v) is 6.72. The highest BCUT2D eigenvalue weighted by molar-refractivity contribution is 7.99. The summed E-state index contributed by atoms with van der Waals surface area (Å²) in [6.07, 6.45) is 1.06. The van der Waals surface area contributed by atoms with Gasteiger partial charge in [0.25, 0.3) is 0 Å². The van der Waals surface area contributed by atoms with E-state index in [2.05, 4.69) is 54.1 Å². The predicted octanol–water partition coefficient (Wildman–Crippen LogP) is 3.42. The molecule has 0 bridgehead atoms. The molecule has 3 aromatic rings. The van der Waals surface area contributed by atoms with Crippen molar-refractivity contribution in [1.82, 2.24) is 9.55 Å². The monoisotopic (exact) mass is 295 g/mol. The highest BCUT2D eigenvalue weighted by Crippen LogP contribution is 2.46. The number of thioether (sulfide) groups is 1. The van der Waals surface area contributed by atoms with E-state index in [4.69, 9.17) is 10.7 Å². The molecule has 1 aromatic heterocycles. The molecule has 106 valence electrons. The lowest BCUT2D eigenvalue weighted by molar-refractivity contribution is 0.780. The summed E-state index contributed by atoms with van der Waals surface area (Å²) in [5, 5.41) is 0.404. The number of nitrogens with two attached hydrogens (primary N) is 1. The number of imidazole rings is 1. The topological polar surface area (TPSA) is 43.8 Å². The Bertz CT molecular complexity index is 797. The van der Waals surface area contributed by atoms with Crippen LogP contribution in [0.1, 0.15) is 22.2 Å². The van der Waals surface area contributed by atoms with E-state index in [0.717, 1.165) is 23.3 Å². The number of hydrogen-bond donors (Lipinski definition) is 1.